The standard InChI is InChI=1S/C12H19N3O4S/c1-4-20(17,18)15-10-6-5-9(7-11(10)19-3)14-12(16)8(2)13/h5-8,15H,4,13H2,1-3H3,(H,14,16)/t8-/m0/s1. The van der Waals surface area contributed by atoms with Gasteiger partial charge in [0.2, 0.25) is 15.9 Å². The number of methoxy groups -OCH3 is 1. The van der Waals surface area contributed by atoms with Crippen LogP contribution in [0.25, 0.3) is 0 Å². The van der Waals surface area contributed by atoms with Crippen molar-refractivity contribution in [2.24, 2.45) is 5.73 Å². The molecule has 0 saturated carbocycles. The van der Waals surface area contributed by atoms with Crippen molar-refractivity contribution in [2.45, 2.75) is 19.9 Å². The molecule has 1 amide bonds. The zero-order valence-electron chi connectivity index (χ0n) is 11.6. The first-order valence-electron chi connectivity index (χ1n) is 6.04. The first-order chi connectivity index (χ1) is 9.29. The van der Waals surface area contributed by atoms with Crippen LogP contribution in [0.4, 0.5) is 11.4 Å². The van der Waals surface area contributed by atoms with Crippen LogP contribution in [0, 0.1) is 0 Å². The Morgan fingerprint density at radius 3 is 2.60 bits per heavy atom. The largest absolute Gasteiger partial charge is 0.494 e. The lowest BCUT2D eigenvalue weighted by Crippen LogP contribution is -2.32. The number of sulfonamides is 1. The van der Waals surface area contributed by atoms with Gasteiger partial charge in [0.1, 0.15) is 5.75 Å². The van der Waals surface area contributed by atoms with Gasteiger partial charge in [-0.2, -0.15) is 0 Å². The summed E-state index contributed by atoms with van der Waals surface area (Å²) in [6.07, 6.45) is 0. The summed E-state index contributed by atoms with van der Waals surface area (Å²) in [7, 11) is -1.98. The highest BCUT2D eigenvalue weighted by Crippen LogP contribution is 2.28. The van der Waals surface area contributed by atoms with Gasteiger partial charge in [-0.25, -0.2) is 8.42 Å². The van der Waals surface area contributed by atoms with Crippen LogP contribution >= 0.6 is 0 Å². The molecule has 0 spiro atoms. The number of amides is 1. The van der Waals surface area contributed by atoms with Crippen LogP contribution < -0.4 is 20.5 Å². The lowest BCUT2D eigenvalue weighted by atomic mass is 10.2. The van der Waals surface area contributed by atoms with E-state index in [0.717, 1.165) is 0 Å². The molecule has 1 aromatic rings. The lowest BCUT2D eigenvalue weighted by Gasteiger charge is -2.13. The number of carbonyl (C=O) groups is 1. The highest BCUT2D eigenvalue weighted by atomic mass is 32.2. The highest BCUT2D eigenvalue weighted by molar-refractivity contribution is 7.92. The second-order valence-electron chi connectivity index (χ2n) is 4.20. The van der Waals surface area contributed by atoms with E-state index in [-0.39, 0.29) is 11.7 Å². The molecule has 1 aromatic carbocycles. The number of hydrogen-bond acceptors (Lipinski definition) is 5. The topological polar surface area (TPSA) is 111 Å². The van der Waals surface area contributed by atoms with Crippen LogP contribution in [-0.2, 0) is 14.8 Å². The third-order valence-corrected chi connectivity index (χ3v) is 3.82. The number of hydrogen-bond donors (Lipinski definition) is 3. The molecular formula is C12H19N3O4S. The Morgan fingerprint density at radius 1 is 1.45 bits per heavy atom. The van der Waals surface area contributed by atoms with Crippen LogP contribution in [0.5, 0.6) is 5.75 Å². The normalized spacial score (nSPS) is 12.6. The van der Waals surface area contributed by atoms with Gasteiger partial charge in [-0.05, 0) is 26.0 Å². The van der Waals surface area contributed by atoms with E-state index in [0.29, 0.717) is 17.1 Å². The second-order valence-corrected chi connectivity index (χ2v) is 6.21. The molecule has 0 aromatic heterocycles. The minimum absolute atomic E-state index is 0.0423. The average Bonchev–Trinajstić information content (AvgIpc) is 2.40. The number of nitrogens with two attached hydrogens (primary N) is 1. The van der Waals surface area contributed by atoms with Crippen molar-refractivity contribution in [2.75, 3.05) is 22.9 Å². The van der Waals surface area contributed by atoms with E-state index >= 15 is 0 Å². The van der Waals surface area contributed by atoms with E-state index in [1.807, 2.05) is 0 Å². The van der Waals surface area contributed by atoms with Gasteiger partial charge < -0.3 is 15.8 Å². The van der Waals surface area contributed by atoms with Gasteiger partial charge in [0.25, 0.3) is 0 Å². The van der Waals surface area contributed by atoms with Gasteiger partial charge in [-0.1, -0.05) is 0 Å². The summed E-state index contributed by atoms with van der Waals surface area (Å²) in [5.41, 5.74) is 6.24. The zero-order chi connectivity index (χ0) is 15.3. The van der Waals surface area contributed by atoms with E-state index in [1.54, 1.807) is 13.0 Å². The van der Waals surface area contributed by atoms with Gasteiger partial charge in [0.15, 0.2) is 0 Å². The quantitative estimate of drug-likeness (QED) is 0.718. The molecule has 0 saturated heterocycles. The fourth-order valence-electron chi connectivity index (χ4n) is 1.35. The van der Waals surface area contributed by atoms with Crippen LogP contribution in [0.2, 0.25) is 0 Å². The number of nitrogens with one attached hydrogen (secondary N) is 2. The summed E-state index contributed by atoms with van der Waals surface area (Å²) in [4.78, 5) is 11.5. The van der Waals surface area contributed by atoms with E-state index < -0.39 is 16.1 Å². The number of carbonyl (C=O) groups excluding carboxylic acids is 1. The molecule has 1 rings (SSSR count). The Hall–Kier alpha value is -1.80. The van der Waals surface area contributed by atoms with Crippen molar-refractivity contribution in [1.82, 2.24) is 0 Å². The fraction of sp³-hybridized carbons (Fsp3) is 0.417. The maximum absolute atomic E-state index is 11.5. The average molecular weight is 301 g/mol. The Balaban J connectivity index is 2.99. The van der Waals surface area contributed by atoms with E-state index in [2.05, 4.69) is 10.0 Å². The Morgan fingerprint density at radius 2 is 2.10 bits per heavy atom. The maximum Gasteiger partial charge on any atom is 0.241 e. The Kier molecular flexibility index (Phi) is 5.34. The smallest absolute Gasteiger partial charge is 0.241 e. The summed E-state index contributed by atoms with van der Waals surface area (Å²) in [6.45, 7) is 3.10. The summed E-state index contributed by atoms with van der Waals surface area (Å²) < 4.78 is 30.6. The molecule has 0 fully saturated rings. The first-order valence-corrected chi connectivity index (χ1v) is 7.69. The highest BCUT2D eigenvalue weighted by Gasteiger charge is 2.13. The minimum Gasteiger partial charge on any atom is -0.494 e. The Labute approximate surface area is 118 Å². The molecule has 0 unspecified atom stereocenters. The number of rotatable bonds is 6. The molecule has 0 aliphatic carbocycles. The lowest BCUT2D eigenvalue weighted by molar-refractivity contribution is -0.117. The summed E-state index contributed by atoms with van der Waals surface area (Å²) >= 11 is 0. The summed E-state index contributed by atoms with van der Waals surface area (Å²) in [5.74, 6) is -0.0716. The van der Waals surface area contributed by atoms with Gasteiger partial charge in [0.05, 0.1) is 24.6 Å². The SMILES string of the molecule is CCS(=O)(=O)Nc1ccc(NC(=O)[C@H](C)N)cc1OC. The van der Waals surface area contributed by atoms with Gasteiger partial charge in [0, 0.05) is 11.8 Å². The van der Waals surface area contributed by atoms with Crippen LogP contribution in [0.1, 0.15) is 13.8 Å². The monoisotopic (exact) mass is 301 g/mol. The predicted octanol–water partition coefficient (Wildman–Crippen LogP) is 0.742. The maximum atomic E-state index is 11.5. The zero-order valence-corrected chi connectivity index (χ0v) is 12.5. The van der Waals surface area contributed by atoms with E-state index in [1.165, 1.54) is 26.2 Å². The molecule has 20 heavy (non-hydrogen) atoms. The van der Waals surface area contributed by atoms with Crippen LogP contribution in [0.15, 0.2) is 18.2 Å². The molecule has 8 heteroatoms. The van der Waals surface area contributed by atoms with Crippen LogP contribution in [-0.4, -0.2) is 33.2 Å². The molecule has 112 valence electrons. The molecular weight excluding hydrogens is 282 g/mol. The van der Waals surface area contributed by atoms with Crippen LogP contribution in [0.3, 0.4) is 0 Å². The van der Waals surface area contributed by atoms with Crippen molar-refractivity contribution < 1.29 is 17.9 Å². The van der Waals surface area contributed by atoms with Gasteiger partial charge in [-0.15, -0.1) is 0 Å². The number of benzene rings is 1. The third-order valence-electron chi connectivity index (χ3n) is 2.53. The third kappa shape index (κ3) is 4.39. The molecule has 0 aliphatic heterocycles. The van der Waals surface area contributed by atoms with Crippen molar-refractivity contribution in [3.05, 3.63) is 18.2 Å². The molecule has 0 bridgehead atoms. The summed E-state index contributed by atoms with van der Waals surface area (Å²) in [5, 5.41) is 2.60. The Bertz CT molecular complexity index is 584. The molecule has 7 nitrogen and oxygen atoms in total. The minimum atomic E-state index is -3.39. The molecule has 0 heterocycles. The fourth-order valence-corrected chi connectivity index (χ4v) is 2.00. The molecule has 0 aliphatic rings. The van der Waals surface area contributed by atoms with Crippen molar-refractivity contribution in [1.29, 1.82) is 0 Å². The van der Waals surface area contributed by atoms with Crippen molar-refractivity contribution >= 4 is 27.3 Å². The van der Waals surface area contributed by atoms with Crippen molar-refractivity contribution in [3.8, 4) is 5.75 Å². The second kappa shape index (κ2) is 6.58. The number of ether oxygens (including phenoxy) is 1. The predicted molar refractivity (Wildman–Crippen MR) is 78.4 cm³/mol. The number of anilines is 2. The first kappa shape index (κ1) is 16.3. The van der Waals surface area contributed by atoms with E-state index in [4.69, 9.17) is 10.5 Å². The van der Waals surface area contributed by atoms with Crippen molar-refractivity contribution in [3.63, 3.8) is 0 Å². The summed E-state index contributed by atoms with van der Waals surface area (Å²) in [6, 6.07) is 3.96. The van der Waals surface area contributed by atoms with Gasteiger partial charge >= 0.3 is 0 Å². The molecule has 4 N–H and O–H groups in total. The van der Waals surface area contributed by atoms with E-state index in [9.17, 15) is 13.2 Å². The van der Waals surface area contributed by atoms with Gasteiger partial charge in [-0.3, -0.25) is 9.52 Å². The molecule has 1 atom stereocenters. The molecule has 0 radical (unpaired) electrons.